The Morgan fingerprint density at radius 3 is 1.86 bits per heavy atom. The van der Waals surface area contributed by atoms with E-state index in [4.69, 9.17) is 0 Å². The number of halogens is 2. The van der Waals surface area contributed by atoms with Crippen molar-refractivity contribution in [2.75, 3.05) is 13.1 Å². The van der Waals surface area contributed by atoms with Crippen LogP contribution in [0.25, 0.3) is 0 Å². The predicted molar refractivity (Wildman–Crippen MR) is 52.5 cm³/mol. The zero-order chi connectivity index (χ0) is 10.6. The van der Waals surface area contributed by atoms with Gasteiger partial charge in [-0.25, -0.2) is 8.78 Å². The molecular formula is C11H19F2N. The molecular weight excluding hydrogens is 184 g/mol. The summed E-state index contributed by atoms with van der Waals surface area (Å²) in [5.74, 6) is -1.90. The molecule has 2 aliphatic rings. The van der Waals surface area contributed by atoms with Gasteiger partial charge in [-0.15, -0.1) is 0 Å². The van der Waals surface area contributed by atoms with E-state index in [0.29, 0.717) is 0 Å². The highest BCUT2D eigenvalue weighted by atomic mass is 19.3. The van der Waals surface area contributed by atoms with Gasteiger partial charge in [-0.1, -0.05) is 0 Å². The van der Waals surface area contributed by atoms with Crippen molar-refractivity contribution < 1.29 is 8.78 Å². The maximum Gasteiger partial charge on any atom is 0.248 e. The summed E-state index contributed by atoms with van der Waals surface area (Å²) in [5, 5.41) is 0. The first-order valence-corrected chi connectivity index (χ1v) is 5.41. The minimum atomic E-state index is -2.38. The summed E-state index contributed by atoms with van der Waals surface area (Å²) in [6, 6.07) is 0. The van der Waals surface area contributed by atoms with Crippen molar-refractivity contribution in [2.24, 2.45) is 11.8 Å². The number of fused-ring (bicyclic) bond motifs is 1. The topological polar surface area (TPSA) is 3.24 Å². The second-order valence-corrected chi connectivity index (χ2v) is 5.86. The van der Waals surface area contributed by atoms with Crippen LogP contribution in [0.15, 0.2) is 0 Å². The van der Waals surface area contributed by atoms with E-state index in [1.807, 2.05) is 0 Å². The second kappa shape index (κ2) is 2.91. The first kappa shape index (κ1) is 10.3. The maximum atomic E-state index is 13.1. The second-order valence-electron chi connectivity index (χ2n) is 5.86. The Morgan fingerprint density at radius 1 is 1.07 bits per heavy atom. The van der Waals surface area contributed by atoms with Crippen LogP contribution in [0.3, 0.4) is 0 Å². The third-order valence-electron chi connectivity index (χ3n) is 3.65. The van der Waals surface area contributed by atoms with Gasteiger partial charge in [0.2, 0.25) is 5.92 Å². The Hall–Kier alpha value is -0.180. The van der Waals surface area contributed by atoms with Gasteiger partial charge in [-0.2, -0.15) is 0 Å². The van der Waals surface area contributed by atoms with Crippen molar-refractivity contribution in [3.63, 3.8) is 0 Å². The molecule has 0 spiro atoms. The summed E-state index contributed by atoms with van der Waals surface area (Å²) >= 11 is 0. The molecule has 2 rings (SSSR count). The molecule has 1 aliphatic carbocycles. The highest BCUT2D eigenvalue weighted by Crippen LogP contribution is 2.47. The molecule has 0 bridgehead atoms. The van der Waals surface area contributed by atoms with E-state index in [9.17, 15) is 8.78 Å². The van der Waals surface area contributed by atoms with Gasteiger partial charge in [0.25, 0.3) is 0 Å². The Bertz CT molecular complexity index is 216. The highest BCUT2D eigenvalue weighted by molar-refractivity contribution is 4.98. The van der Waals surface area contributed by atoms with Gasteiger partial charge < -0.3 is 0 Å². The number of nitrogens with zero attached hydrogens (tertiary/aromatic N) is 1. The summed E-state index contributed by atoms with van der Waals surface area (Å²) in [5.41, 5.74) is 0.139. The highest BCUT2D eigenvalue weighted by Gasteiger charge is 2.51. The van der Waals surface area contributed by atoms with E-state index in [1.54, 1.807) is 0 Å². The molecule has 82 valence electrons. The van der Waals surface area contributed by atoms with Crippen LogP contribution in [-0.2, 0) is 0 Å². The third kappa shape index (κ3) is 1.79. The molecule has 1 saturated carbocycles. The molecule has 1 nitrogen and oxygen atoms in total. The predicted octanol–water partition coefficient (Wildman–Crippen LogP) is 2.76. The molecule has 1 aliphatic heterocycles. The van der Waals surface area contributed by atoms with E-state index in [2.05, 4.69) is 25.7 Å². The van der Waals surface area contributed by atoms with Crippen LogP contribution >= 0.6 is 0 Å². The Kier molecular flexibility index (Phi) is 2.15. The summed E-state index contributed by atoms with van der Waals surface area (Å²) in [7, 11) is 0. The van der Waals surface area contributed by atoms with E-state index >= 15 is 0 Å². The fourth-order valence-electron chi connectivity index (χ4n) is 2.80. The standard InChI is InChI=1S/C11H19F2N/c1-10(2,3)14-6-8-4-11(12,13)5-9(8)7-14/h8-9H,4-7H2,1-3H3. The average molecular weight is 203 g/mol. The van der Waals surface area contributed by atoms with Crippen LogP contribution in [0, 0.1) is 11.8 Å². The smallest absolute Gasteiger partial charge is 0.248 e. The van der Waals surface area contributed by atoms with Gasteiger partial charge in [0.1, 0.15) is 0 Å². The van der Waals surface area contributed by atoms with Crippen LogP contribution in [0.2, 0.25) is 0 Å². The first-order chi connectivity index (χ1) is 6.28. The van der Waals surface area contributed by atoms with Crippen molar-refractivity contribution in [1.82, 2.24) is 4.90 Å². The van der Waals surface area contributed by atoms with Crippen LogP contribution in [0.5, 0.6) is 0 Å². The molecule has 2 unspecified atom stereocenters. The third-order valence-corrected chi connectivity index (χ3v) is 3.65. The van der Waals surface area contributed by atoms with Crippen molar-refractivity contribution >= 4 is 0 Å². The molecule has 14 heavy (non-hydrogen) atoms. The van der Waals surface area contributed by atoms with E-state index in [-0.39, 0.29) is 30.2 Å². The van der Waals surface area contributed by atoms with E-state index in [1.165, 1.54) is 0 Å². The monoisotopic (exact) mass is 203 g/mol. The first-order valence-electron chi connectivity index (χ1n) is 5.41. The van der Waals surface area contributed by atoms with Gasteiger partial charge in [-0.05, 0) is 32.6 Å². The van der Waals surface area contributed by atoms with Gasteiger partial charge in [0.15, 0.2) is 0 Å². The summed E-state index contributed by atoms with van der Waals surface area (Å²) < 4.78 is 26.1. The molecule has 0 amide bonds. The minimum absolute atomic E-state index is 0.115. The maximum absolute atomic E-state index is 13.1. The fourth-order valence-corrected chi connectivity index (χ4v) is 2.80. The lowest BCUT2D eigenvalue weighted by Gasteiger charge is -2.32. The lowest BCUT2D eigenvalue weighted by atomic mass is 10.0. The normalized spacial score (nSPS) is 37.5. The summed E-state index contributed by atoms with van der Waals surface area (Å²) in [6.07, 6.45) is 0.231. The zero-order valence-electron chi connectivity index (χ0n) is 9.19. The Balaban J connectivity index is 2.00. The molecule has 0 N–H and O–H groups in total. The largest absolute Gasteiger partial charge is 0.298 e. The quantitative estimate of drug-likeness (QED) is 0.585. The molecule has 0 aromatic heterocycles. The van der Waals surface area contributed by atoms with Crippen molar-refractivity contribution in [3.05, 3.63) is 0 Å². The zero-order valence-corrected chi connectivity index (χ0v) is 9.19. The SMILES string of the molecule is CC(C)(C)N1CC2CC(F)(F)CC2C1. The summed E-state index contributed by atoms with van der Waals surface area (Å²) in [4.78, 5) is 2.34. The van der Waals surface area contributed by atoms with E-state index in [0.717, 1.165) is 13.1 Å². The fraction of sp³-hybridized carbons (Fsp3) is 1.00. The number of hydrogen-bond donors (Lipinski definition) is 0. The minimum Gasteiger partial charge on any atom is -0.298 e. The number of likely N-dealkylation sites (tertiary alicyclic amines) is 1. The molecule has 0 aromatic carbocycles. The molecule has 0 radical (unpaired) electrons. The van der Waals surface area contributed by atoms with Gasteiger partial charge in [-0.3, -0.25) is 4.90 Å². The van der Waals surface area contributed by atoms with Crippen molar-refractivity contribution in [1.29, 1.82) is 0 Å². The molecule has 3 heteroatoms. The van der Waals surface area contributed by atoms with Crippen LogP contribution < -0.4 is 0 Å². The molecule has 2 fully saturated rings. The van der Waals surface area contributed by atoms with Gasteiger partial charge in [0.05, 0.1) is 0 Å². The molecule has 2 atom stereocenters. The van der Waals surface area contributed by atoms with Crippen molar-refractivity contribution in [2.45, 2.75) is 45.1 Å². The number of rotatable bonds is 0. The van der Waals surface area contributed by atoms with Gasteiger partial charge in [0, 0.05) is 31.5 Å². The average Bonchev–Trinajstić information content (AvgIpc) is 2.37. The van der Waals surface area contributed by atoms with Crippen molar-refractivity contribution in [3.8, 4) is 0 Å². The molecule has 1 heterocycles. The number of hydrogen-bond acceptors (Lipinski definition) is 1. The lowest BCUT2D eigenvalue weighted by Crippen LogP contribution is -2.40. The van der Waals surface area contributed by atoms with Crippen LogP contribution in [0.1, 0.15) is 33.6 Å². The molecule has 1 saturated heterocycles. The van der Waals surface area contributed by atoms with Crippen LogP contribution in [-0.4, -0.2) is 29.5 Å². The van der Waals surface area contributed by atoms with Crippen LogP contribution in [0.4, 0.5) is 8.78 Å². The van der Waals surface area contributed by atoms with E-state index < -0.39 is 5.92 Å². The number of alkyl halides is 2. The summed E-state index contributed by atoms with van der Waals surface area (Å²) in [6.45, 7) is 8.21. The van der Waals surface area contributed by atoms with Gasteiger partial charge >= 0.3 is 0 Å². The lowest BCUT2D eigenvalue weighted by molar-refractivity contribution is -0.00612. The molecule has 0 aromatic rings. The Labute approximate surface area is 84.5 Å². The Morgan fingerprint density at radius 2 is 1.50 bits per heavy atom.